The van der Waals surface area contributed by atoms with Gasteiger partial charge in [-0.05, 0) is 69.7 Å². The molecule has 0 heterocycles. The Morgan fingerprint density at radius 2 is 1.83 bits per heavy atom. The Morgan fingerprint density at radius 3 is 2.36 bits per heavy atom. The Labute approximate surface area is 217 Å². The fraction of sp³-hybridized carbons (Fsp3) is 0.560. The highest BCUT2D eigenvalue weighted by molar-refractivity contribution is 7.98. The number of amides is 3. The summed E-state index contributed by atoms with van der Waals surface area (Å²) in [6, 6.07) is 4.94. The van der Waals surface area contributed by atoms with Crippen molar-refractivity contribution in [2.75, 3.05) is 32.2 Å². The summed E-state index contributed by atoms with van der Waals surface area (Å²) in [5.41, 5.74) is 1.55. The molecule has 2 unspecified atom stereocenters. The van der Waals surface area contributed by atoms with E-state index in [2.05, 4.69) is 15.4 Å². The summed E-state index contributed by atoms with van der Waals surface area (Å²) in [7, 11) is 1.19. The minimum atomic E-state index is -1.22. The van der Waals surface area contributed by atoms with E-state index in [4.69, 9.17) is 4.74 Å². The van der Waals surface area contributed by atoms with Gasteiger partial charge in [-0.1, -0.05) is 18.2 Å². The molecule has 1 aromatic rings. The molecule has 36 heavy (non-hydrogen) atoms. The van der Waals surface area contributed by atoms with Gasteiger partial charge in [-0.3, -0.25) is 14.4 Å². The van der Waals surface area contributed by atoms with Gasteiger partial charge >= 0.3 is 12.1 Å². The number of aryl methyl sites for hydroxylation is 2. The van der Waals surface area contributed by atoms with Crippen LogP contribution in [0.25, 0.3) is 0 Å². The lowest BCUT2D eigenvalue weighted by Crippen LogP contribution is -2.53. The number of alkyl carbamates (subject to hydrolysis) is 1. The highest BCUT2D eigenvalue weighted by Gasteiger charge is 2.36. The summed E-state index contributed by atoms with van der Waals surface area (Å²) in [6.07, 6.45) is 1.34. The monoisotopic (exact) mass is 520 g/mol. The van der Waals surface area contributed by atoms with Crippen molar-refractivity contribution >= 4 is 35.6 Å². The van der Waals surface area contributed by atoms with Crippen LogP contribution in [-0.4, -0.2) is 72.6 Å². The van der Waals surface area contributed by atoms with Gasteiger partial charge in [0.15, 0.2) is 0 Å². The third-order valence-electron chi connectivity index (χ3n) is 5.17. The number of nitriles is 1. The molecule has 10 nitrogen and oxygen atoms in total. The minimum absolute atomic E-state index is 0.255. The Morgan fingerprint density at radius 1 is 1.17 bits per heavy atom. The van der Waals surface area contributed by atoms with Gasteiger partial charge in [-0.25, -0.2) is 4.79 Å². The van der Waals surface area contributed by atoms with E-state index in [9.17, 15) is 24.4 Å². The normalized spacial score (nSPS) is 12.5. The number of thioether (sulfide) groups is 1. The molecule has 0 saturated carbocycles. The molecule has 0 radical (unpaired) electrons. The average molecular weight is 521 g/mol. The van der Waals surface area contributed by atoms with Crippen LogP contribution in [0.1, 0.15) is 49.9 Å². The van der Waals surface area contributed by atoms with Crippen molar-refractivity contribution in [1.82, 2.24) is 15.5 Å². The molecule has 0 aliphatic heterocycles. The van der Waals surface area contributed by atoms with Gasteiger partial charge in [0, 0.05) is 0 Å². The highest BCUT2D eigenvalue weighted by atomic mass is 32.2. The molecule has 11 heteroatoms. The zero-order valence-electron chi connectivity index (χ0n) is 22.0. The fourth-order valence-electron chi connectivity index (χ4n) is 3.25. The molecule has 2 N–H and O–H groups in total. The SMILES string of the molecule is COC(=O)CNC(=O)C(c1ccc(C)c(C)c1)N(CC#N)C(=O)C(CCSC)NC(=O)OC(C)(C)C. The first kappa shape index (κ1) is 30.8. The van der Waals surface area contributed by atoms with Crippen LogP contribution in [0, 0.1) is 25.2 Å². The molecule has 3 amide bonds. The van der Waals surface area contributed by atoms with E-state index >= 15 is 0 Å². The van der Waals surface area contributed by atoms with E-state index in [-0.39, 0.29) is 6.42 Å². The van der Waals surface area contributed by atoms with E-state index < -0.39 is 54.7 Å². The van der Waals surface area contributed by atoms with Crippen LogP contribution in [0.15, 0.2) is 18.2 Å². The molecule has 2 atom stereocenters. The number of nitrogens with one attached hydrogen (secondary N) is 2. The van der Waals surface area contributed by atoms with Crippen molar-refractivity contribution < 1.29 is 28.7 Å². The van der Waals surface area contributed by atoms with E-state index in [1.165, 1.54) is 18.9 Å². The predicted octanol–water partition coefficient (Wildman–Crippen LogP) is 2.63. The molecule has 0 saturated heterocycles. The van der Waals surface area contributed by atoms with E-state index in [0.29, 0.717) is 11.3 Å². The first-order chi connectivity index (χ1) is 16.8. The lowest BCUT2D eigenvalue weighted by Gasteiger charge is -2.33. The number of hydrogen-bond donors (Lipinski definition) is 2. The summed E-state index contributed by atoms with van der Waals surface area (Å²) in [4.78, 5) is 52.2. The second kappa shape index (κ2) is 14.3. The molecule has 1 aromatic carbocycles. The van der Waals surface area contributed by atoms with Gasteiger partial charge in [0.1, 0.15) is 30.8 Å². The lowest BCUT2D eigenvalue weighted by molar-refractivity contribution is -0.144. The number of esters is 1. The molecule has 0 aliphatic rings. The third kappa shape index (κ3) is 9.77. The van der Waals surface area contributed by atoms with Gasteiger partial charge in [-0.2, -0.15) is 17.0 Å². The van der Waals surface area contributed by atoms with Crippen LogP contribution in [0.5, 0.6) is 0 Å². The van der Waals surface area contributed by atoms with Crippen molar-refractivity contribution in [3.8, 4) is 6.07 Å². The maximum Gasteiger partial charge on any atom is 0.408 e. The smallest absolute Gasteiger partial charge is 0.408 e. The number of rotatable bonds is 11. The second-order valence-corrected chi connectivity index (χ2v) is 10.1. The van der Waals surface area contributed by atoms with Crippen LogP contribution in [-0.2, 0) is 23.9 Å². The van der Waals surface area contributed by atoms with Crippen molar-refractivity contribution in [2.24, 2.45) is 0 Å². The topological polar surface area (TPSA) is 138 Å². The van der Waals surface area contributed by atoms with Crippen LogP contribution < -0.4 is 10.6 Å². The van der Waals surface area contributed by atoms with E-state index in [0.717, 1.165) is 16.0 Å². The lowest BCUT2D eigenvalue weighted by atomic mass is 9.98. The number of methoxy groups -OCH3 is 1. The van der Waals surface area contributed by atoms with Crippen molar-refractivity contribution in [3.05, 3.63) is 34.9 Å². The average Bonchev–Trinajstić information content (AvgIpc) is 2.80. The summed E-state index contributed by atoms with van der Waals surface area (Å²) < 4.78 is 9.91. The largest absolute Gasteiger partial charge is 0.468 e. The molecular weight excluding hydrogens is 484 g/mol. The molecule has 0 spiro atoms. The van der Waals surface area contributed by atoms with Gasteiger partial charge in [0.05, 0.1) is 13.2 Å². The Bertz CT molecular complexity index is 986. The van der Waals surface area contributed by atoms with Crippen LogP contribution in [0.3, 0.4) is 0 Å². The zero-order chi connectivity index (χ0) is 27.5. The maximum atomic E-state index is 13.7. The Hall–Kier alpha value is -3.26. The summed E-state index contributed by atoms with van der Waals surface area (Å²) in [5, 5.41) is 14.6. The van der Waals surface area contributed by atoms with Gasteiger partial charge < -0.3 is 25.0 Å². The number of carbonyl (C=O) groups is 4. The van der Waals surface area contributed by atoms with Crippen molar-refractivity contribution in [3.63, 3.8) is 0 Å². The van der Waals surface area contributed by atoms with Gasteiger partial charge in [0.25, 0.3) is 0 Å². The predicted molar refractivity (Wildman–Crippen MR) is 137 cm³/mol. The molecule has 1 rings (SSSR count). The molecular formula is C25H36N4O6S. The maximum absolute atomic E-state index is 13.7. The zero-order valence-corrected chi connectivity index (χ0v) is 22.8. The fourth-order valence-corrected chi connectivity index (χ4v) is 3.72. The van der Waals surface area contributed by atoms with Crippen molar-refractivity contribution in [1.29, 1.82) is 5.26 Å². The van der Waals surface area contributed by atoms with E-state index in [1.807, 2.05) is 32.2 Å². The number of ether oxygens (including phenoxy) is 2. The van der Waals surface area contributed by atoms with Crippen LogP contribution >= 0.6 is 11.8 Å². The molecule has 198 valence electrons. The first-order valence-electron chi connectivity index (χ1n) is 11.4. The standard InChI is InChI=1S/C25H36N4O6S/c1-16-8-9-18(14-17(16)2)21(22(31)27-15-20(30)34-6)29(12-11-26)23(32)19(10-13-36-7)28-24(33)35-25(3,4)5/h8-9,14,19,21H,10,12-13,15H2,1-7H3,(H,27,31)(H,28,33). The molecule has 0 aromatic heterocycles. The summed E-state index contributed by atoms with van der Waals surface area (Å²) in [5.74, 6) is -1.40. The summed E-state index contributed by atoms with van der Waals surface area (Å²) in [6.45, 7) is 8.06. The minimum Gasteiger partial charge on any atom is -0.468 e. The molecule has 0 fully saturated rings. The second-order valence-electron chi connectivity index (χ2n) is 9.14. The van der Waals surface area contributed by atoms with E-state index in [1.54, 1.807) is 32.9 Å². The Balaban J connectivity index is 3.45. The van der Waals surface area contributed by atoms with Gasteiger partial charge in [-0.15, -0.1) is 0 Å². The first-order valence-corrected chi connectivity index (χ1v) is 12.8. The third-order valence-corrected chi connectivity index (χ3v) is 5.81. The molecule has 0 aliphatic carbocycles. The molecule has 0 bridgehead atoms. The van der Waals surface area contributed by atoms with Gasteiger partial charge in [0.2, 0.25) is 11.8 Å². The highest BCUT2D eigenvalue weighted by Crippen LogP contribution is 2.25. The number of hydrogen-bond acceptors (Lipinski definition) is 8. The van der Waals surface area contributed by atoms with Crippen molar-refractivity contribution in [2.45, 2.75) is 58.7 Å². The van der Waals surface area contributed by atoms with Crippen LogP contribution in [0.2, 0.25) is 0 Å². The number of benzene rings is 1. The quantitative estimate of drug-likeness (QED) is 0.335. The number of nitrogens with zero attached hydrogens (tertiary/aromatic N) is 2. The number of carbonyl (C=O) groups excluding carboxylic acids is 4. The Kier molecular flexibility index (Phi) is 12.3. The summed E-state index contributed by atoms with van der Waals surface area (Å²) >= 11 is 1.48. The van der Waals surface area contributed by atoms with Crippen LogP contribution in [0.4, 0.5) is 4.79 Å².